The first-order valence-electron chi connectivity index (χ1n) is 11.4. The summed E-state index contributed by atoms with van der Waals surface area (Å²) in [6, 6.07) is 8.44. The SMILES string of the molecule is O=C1CCC(N2C(=O)C3=C(C2=O)N(Cc2nc(-c4cccc5ncccc45)no2)CCC3)C(=O)N1. The predicted molar refractivity (Wildman–Crippen MR) is 120 cm³/mol. The van der Waals surface area contributed by atoms with Crippen LogP contribution in [0.2, 0.25) is 0 Å². The fraction of sp³-hybridized carbons (Fsp3) is 0.292. The minimum Gasteiger partial charge on any atom is -0.357 e. The molecule has 35 heavy (non-hydrogen) atoms. The van der Waals surface area contributed by atoms with E-state index in [2.05, 4.69) is 20.4 Å². The third-order valence-corrected chi connectivity index (χ3v) is 6.56. The molecule has 1 unspecified atom stereocenters. The van der Waals surface area contributed by atoms with Crippen LogP contribution in [0.5, 0.6) is 0 Å². The third-order valence-electron chi connectivity index (χ3n) is 6.56. The highest BCUT2D eigenvalue weighted by Crippen LogP contribution is 2.35. The molecule has 1 saturated heterocycles. The van der Waals surface area contributed by atoms with Crippen LogP contribution in [0.3, 0.4) is 0 Å². The number of rotatable bonds is 4. The Morgan fingerprint density at radius 2 is 1.94 bits per heavy atom. The average Bonchev–Trinajstić information content (AvgIpc) is 3.42. The van der Waals surface area contributed by atoms with Crippen molar-refractivity contribution in [3.63, 3.8) is 0 Å². The van der Waals surface area contributed by atoms with Crippen LogP contribution in [0.1, 0.15) is 31.6 Å². The first kappa shape index (κ1) is 21.1. The standard InChI is InChI=1S/C24H20N6O5/c31-18-9-8-17(22(32)26-18)30-23(33)15-6-3-11-29(20(15)24(30)34)12-19-27-21(28-35-19)14-4-1-7-16-13(14)5-2-10-25-16/h1-2,4-5,7,10,17H,3,6,8-9,11-12H2,(H,26,31,32). The van der Waals surface area contributed by atoms with Crippen LogP contribution in [0.15, 0.2) is 52.3 Å². The molecule has 1 N–H and O–H groups in total. The van der Waals surface area contributed by atoms with E-state index in [0.717, 1.165) is 21.4 Å². The van der Waals surface area contributed by atoms with E-state index in [1.807, 2.05) is 30.3 Å². The van der Waals surface area contributed by atoms with Gasteiger partial charge in [-0.15, -0.1) is 0 Å². The Morgan fingerprint density at radius 3 is 2.80 bits per heavy atom. The van der Waals surface area contributed by atoms with Crippen molar-refractivity contribution in [1.82, 2.24) is 30.2 Å². The highest BCUT2D eigenvalue weighted by Gasteiger charge is 2.48. The molecular formula is C24H20N6O5. The highest BCUT2D eigenvalue weighted by atomic mass is 16.5. The summed E-state index contributed by atoms with van der Waals surface area (Å²) in [5, 5.41) is 7.23. The molecule has 11 heteroatoms. The number of hydrogen-bond acceptors (Lipinski definition) is 9. The summed E-state index contributed by atoms with van der Waals surface area (Å²) in [5.74, 6) is -1.32. The lowest BCUT2D eigenvalue weighted by atomic mass is 10.0. The molecule has 176 valence electrons. The van der Waals surface area contributed by atoms with Gasteiger partial charge < -0.3 is 9.42 Å². The second kappa shape index (κ2) is 8.12. The minimum atomic E-state index is -0.991. The van der Waals surface area contributed by atoms with E-state index in [0.29, 0.717) is 36.7 Å². The number of carbonyl (C=O) groups excluding carboxylic acids is 4. The van der Waals surface area contributed by atoms with E-state index in [1.54, 1.807) is 11.1 Å². The number of hydrogen-bond donors (Lipinski definition) is 1. The average molecular weight is 472 g/mol. The number of carbonyl (C=O) groups is 4. The van der Waals surface area contributed by atoms with Crippen molar-refractivity contribution in [2.75, 3.05) is 6.54 Å². The second-order valence-corrected chi connectivity index (χ2v) is 8.69. The van der Waals surface area contributed by atoms with Crippen LogP contribution in [0, 0.1) is 0 Å². The summed E-state index contributed by atoms with van der Waals surface area (Å²) in [6.45, 7) is 0.675. The maximum Gasteiger partial charge on any atom is 0.278 e. The Kier molecular flexibility index (Phi) is 4.90. The molecule has 0 aliphatic carbocycles. The molecule has 0 saturated carbocycles. The van der Waals surface area contributed by atoms with Crippen molar-refractivity contribution < 1.29 is 23.7 Å². The van der Waals surface area contributed by atoms with Crippen molar-refractivity contribution in [3.05, 3.63) is 53.7 Å². The fourth-order valence-electron chi connectivity index (χ4n) is 4.95. The van der Waals surface area contributed by atoms with E-state index < -0.39 is 29.7 Å². The second-order valence-electron chi connectivity index (χ2n) is 8.69. The zero-order chi connectivity index (χ0) is 24.1. The van der Waals surface area contributed by atoms with Gasteiger partial charge in [-0.1, -0.05) is 23.4 Å². The quantitative estimate of drug-likeness (QED) is 0.557. The molecule has 3 aromatic rings. The highest BCUT2D eigenvalue weighted by molar-refractivity contribution is 6.21. The van der Waals surface area contributed by atoms with Gasteiger partial charge >= 0.3 is 0 Å². The summed E-state index contributed by atoms with van der Waals surface area (Å²) in [4.78, 5) is 61.9. The van der Waals surface area contributed by atoms with E-state index >= 15 is 0 Å². The lowest BCUT2D eigenvalue weighted by Crippen LogP contribution is -2.55. The van der Waals surface area contributed by atoms with Gasteiger partial charge in [0.15, 0.2) is 0 Å². The van der Waals surface area contributed by atoms with Crippen LogP contribution < -0.4 is 5.32 Å². The van der Waals surface area contributed by atoms with Gasteiger partial charge in [-0.3, -0.25) is 34.4 Å². The van der Waals surface area contributed by atoms with Gasteiger partial charge in [0, 0.05) is 35.7 Å². The number of fused-ring (bicyclic) bond motifs is 1. The molecule has 4 amide bonds. The zero-order valence-electron chi connectivity index (χ0n) is 18.6. The normalized spacial score (nSPS) is 20.6. The molecule has 6 rings (SSSR count). The Hall–Kier alpha value is -4.41. The lowest BCUT2D eigenvalue weighted by Gasteiger charge is -2.29. The summed E-state index contributed by atoms with van der Waals surface area (Å²) in [6.07, 6.45) is 3.02. The number of pyridine rings is 1. The van der Waals surface area contributed by atoms with Crippen molar-refractivity contribution in [2.24, 2.45) is 0 Å². The van der Waals surface area contributed by atoms with Crippen molar-refractivity contribution in [1.29, 1.82) is 0 Å². The van der Waals surface area contributed by atoms with Crippen LogP contribution in [0.25, 0.3) is 22.3 Å². The van der Waals surface area contributed by atoms with Gasteiger partial charge in [-0.2, -0.15) is 4.98 Å². The molecule has 5 heterocycles. The molecule has 1 aromatic carbocycles. The van der Waals surface area contributed by atoms with Gasteiger partial charge in [-0.05, 0) is 31.4 Å². The lowest BCUT2D eigenvalue weighted by molar-refractivity contribution is -0.150. The molecule has 1 fully saturated rings. The number of piperidine rings is 1. The molecule has 2 aromatic heterocycles. The molecule has 11 nitrogen and oxygen atoms in total. The first-order chi connectivity index (χ1) is 17.0. The minimum absolute atomic E-state index is 0.0797. The first-order valence-corrected chi connectivity index (χ1v) is 11.4. The maximum atomic E-state index is 13.3. The molecule has 0 bridgehead atoms. The van der Waals surface area contributed by atoms with Crippen LogP contribution in [0.4, 0.5) is 0 Å². The molecular weight excluding hydrogens is 452 g/mol. The van der Waals surface area contributed by atoms with Gasteiger partial charge in [0.1, 0.15) is 11.7 Å². The van der Waals surface area contributed by atoms with E-state index in [9.17, 15) is 19.2 Å². The summed E-state index contributed by atoms with van der Waals surface area (Å²) < 4.78 is 5.50. The molecule has 0 spiro atoms. The maximum absolute atomic E-state index is 13.3. The Balaban J connectivity index is 1.26. The smallest absolute Gasteiger partial charge is 0.278 e. The number of benzene rings is 1. The van der Waals surface area contributed by atoms with Gasteiger partial charge in [0.2, 0.25) is 23.5 Å². The van der Waals surface area contributed by atoms with E-state index in [-0.39, 0.29) is 25.1 Å². The monoisotopic (exact) mass is 472 g/mol. The summed E-state index contributed by atoms with van der Waals surface area (Å²) in [7, 11) is 0. The Bertz CT molecular complexity index is 1440. The predicted octanol–water partition coefficient (Wildman–Crippen LogP) is 1.31. The number of nitrogens with zero attached hydrogens (tertiary/aromatic N) is 5. The van der Waals surface area contributed by atoms with Gasteiger partial charge in [0.05, 0.1) is 12.1 Å². The topological polar surface area (TPSA) is 139 Å². The molecule has 3 aliphatic rings. The molecule has 3 aliphatic heterocycles. The molecule has 0 radical (unpaired) electrons. The van der Waals surface area contributed by atoms with Gasteiger partial charge in [0.25, 0.3) is 11.8 Å². The third kappa shape index (κ3) is 3.47. The number of imide groups is 2. The van der Waals surface area contributed by atoms with Crippen molar-refractivity contribution >= 4 is 34.5 Å². The summed E-state index contributed by atoms with van der Waals surface area (Å²) >= 11 is 0. The van der Waals surface area contributed by atoms with Crippen LogP contribution in [-0.4, -0.2) is 61.1 Å². The fourth-order valence-corrected chi connectivity index (χ4v) is 4.95. The number of nitrogens with one attached hydrogen (secondary N) is 1. The Labute approximate surface area is 198 Å². The Morgan fingerprint density at radius 1 is 1.06 bits per heavy atom. The van der Waals surface area contributed by atoms with Crippen molar-refractivity contribution in [2.45, 2.75) is 38.3 Å². The van der Waals surface area contributed by atoms with Crippen LogP contribution >= 0.6 is 0 Å². The number of aromatic nitrogens is 3. The molecule has 1 atom stereocenters. The number of amides is 4. The summed E-state index contributed by atoms with van der Waals surface area (Å²) in [5.41, 5.74) is 2.23. The zero-order valence-corrected chi connectivity index (χ0v) is 18.6. The van der Waals surface area contributed by atoms with Gasteiger partial charge in [-0.25, -0.2) is 0 Å². The van der Waals surface area contributed by atoms with Crippen LogP contribution in [-0.2, 0) is 25.7 Å². The van der Waals surface area contributed by atoms with E-state index in [1.165, 1.54) is 0 Å². The van der Waals surface area contributed by atoms with Crippen molar-refractivity contribution in [3.8, 4) is 11.4 Å². The van der Waals surface area contributed by atoms with E-state index in [4.69, 9.17) is 4.52 Å². The largest absolute Gasteiger partial charge is 0.357 e.